The molecule has 4 heteroatoms. The van der Waals surface area contributed by atoms with Gasteiger partial charge in [0, 0.05) is 6.04 Å². The lowest BCUT2D eigenvalue weighted by Gasteiger charge is -2.26. The van der Waals surface area contributed by atoms with Crippen LogP contribution in [0, 0.1) is 0 Å². The van der Waals surface area contributed by atoms with Gasteiger partial charge in [-0.2, -0.15) is 0 Å². The zero-order valence-electron chi connectivity index (χ0n) is 11.1. The number of amides is 1. The summed E-state index contributed by atoms with van der Waals surface area (Å²) in [7, 11) is 0. The molecule has 1 aromatic rings. The van der Waals surface area contributed by atoms with Crippen molar-refractivity contribution >= 4 is 17.5 Å². The topological polar surface area (TPSA) is 50.4 Å². The van der Waals surface area contributed by atoms with Crippen molar-refractivity contribution in [3.8, 4) is 0 Å². The number of anilines is 2. The predicted molar refractivity (Wildman–Crippen MR) is 73.1 cm³/mol. The third-order valence-electron chi connectivity index (χ3n) is 2.97. The van der Waals surface area contributed by atoms with Crippen LogP contribution in [-0.2, 0) is 11.2 Å². The molecule has 0 spiro atoms. The average molecular weight is 248 g/mol. The van der Waals surface area contributed by atoms with Gasteiger partial charge < -0.3 is 10.1 Å². The minimum Gasteiger partial charge on any atom is -0.447 e. The number of benzene rings is 1. The first-order chi connectivity index (χ1) is 8.56. The van der Waals surface area contributed by atoms with Gasteiger partial charge in [-0.3, -0.25) is 5.32 Å². The number of hydrogen-bond acceptors (Lipinski definition) is 3. The van der Waals surface area contributed by atoms with Gasteiger partial charge in [-0.15, -0.1) is 0 Å². The van der Waals surface area contributed by atoms with Crippen LogP contribution in [0.15, 0.2) is 18.2 Å². The van der Waals surface area contributed by atoms with Gasteiger partial charge in [0.05, 0.1) is 17.5 Å². The van der Waals surface area contributed by atoms with E-state index in [4.69, 9.17) is 4.74 Å². The van der Waals surface area contributed by atoms with Crippen molar-refractivity contribution in [1.29, 1.82) is 0 Å². The summed E-state index contributed by atoms with van der Waals surface area (Å²) in [6.07, 6.45) is 1.64. The molecule has 2 N–H and O–H groups in total. The molecule has 0 fully saturated rings. The van der Waals surface area contributed by atoms with E-state index in [1.807, 2.05) is 26.0 Å². The first kappa shape index (κ1) is 12.7. The van der Waals surface area contributed by atoms with Gasteiger partial charge in [-0.1, -0.05) is 12.1 Å². The monoisotopic (exact) mass is 248 g/mol. The van der Waals surface area contributed by atoms with Gasteiger partial charge in [0.2, 0.25) is 0 Å². The minimum atomic E-state index is -0.404. The number of carbonyl (C=O) groups is 1. The third kappa shape index (κ3) is 2.94. The van der Waals surface area contributed by atoms with Crippen LogP contribution in [-0.4, -0.2) is 18.2 Å². The Balaban J connectivity index is 2.16. The Morgan fingerprint density at radius 2 is 2.28 bits per heavy atom. The van der Waals surface area contributed by atoms with Crippen molar-refractivity contribution in [2.75, 3.05) is 10.6 Å². The van der Waals surface area contributed by atoms with Crippen LogP contribution in [0.2, 0.25) is 0 Å². The standard InChI is InChI=1S/C14H20N2O2/c1-9(2)18-14(17)16-12-6-4-5-11-8-7-10(3)15-13(11)12/h4-6,9-10,15H,7-8H2,1-3H3,(H,16,17). The van der Waals surface area contributed by atoms with Crippen LogP contribution in [0.3, 0.4) is 0 Å². The molecule has 0 aliphatic carbocycles. The Bertz CT molecular complexity index is 443. The van der Waals surface area contributed by atoms with E-state index in [1.165, 1.54) is 5.56 Å². The second-order valence-corrected chi connectivity index (χ2v) is 5.00. The summed E-state index contributed by atoms with van der Waals surface area (Å²) in [4.78, 5) is 11.6. The molecule has 1 aliphatic rings. The van der Waals surface area contributed by atoms with Crippen molar-refractivity contribution in [2.45, 2.75) is 45.8 Å². The highest BCUT2D eigenvalue weighted by Gasteiger charge is 2.18. The molecule has 1 heterocycles. The Kier molecular flexibility index (Phi) is 3.75. The van der Waals surface area contributed by atoms with Crippen molar-refractivity contribution < 1.29 is 9.53 Å². The van der Waals surface area contributed by atoms with Gasteiger partial charge >= 0.3 is 6.09 Å². The third-order valence-corrected chi connectivity index (χ3v) is 2.97. The Hall–Kier alpha value is -1.71. The summed E-state index contributed by atoms with van der Waals surface area (Å²) in [6.45, 7) is 5.81. The van der Waals surface area contributed by atoms with Gasteiger partial charge in [0.15, 0.2) is 0 Å². The molecule has 1 amide bonds. The largest absolute Gasteiger partial charge is 0.447 e. The molecule has 0 saturated heterocycles. The first-order valence-corrected chi connectivity index (χ1v) is 6.42. The SMILES string of the molecule is CC1CCc2cccc(NC(=O)OC(C)C)c2N1. The number of ether oxygens (including phenoxy) is 1. The summed E-state index contributed by atoms with van der Waals surface area (Å²) in [5.74, 6) is 0. The highest BCUT2D eigenvalue weighted by Crippen LogP contribution is 2.32. The second kappa shape index (κ2) is 5.29. The fourth-order valence-corrected chi connectivity index (χ4v) is 2.13. The number of hydrogen-bond donors (Lipinski definition) is 2. The van der Waals surface area contributed by atoms with E-state index in [1.54, 1.807) is 0 Å². The van der Waals surface area contributed by atoms with Gasteiger partial charge in [-0.05, 0) is 45.2 Å². The highest BCUT2D eigenvalue weighted by atomic mass is 16.6. The smallest absolute Gasteiger partial charge is 0.411 e. The zero-order chi connectivity index (χ0) is 13.1. The lowest BCUT2D eigenvalue weighted by molar-refractivity contribution is 0.130. The number of fused-ring (bicyclic) bond motifs is 1. The highest BCUT2D eigenvalue weighted by molar-refractivity contribution is 5.90. The number of para-hydroxylation sites is 1. The first-order valence-electron chi connectivity index (χ1n) is 6.42. The van der Waals surface area contributed by atoms with Gasteiger partial charge in [0.1, 0.15) is 0 Å². The van der Waals surface area contributed by atoms with Crippen molar-refractivity contribution in [2.24, 2.45) is 0 Å². The second-order valence-electron chi connectivity index (χ2n) is 5.00. The van der Waals surface area contributed by atoms with Gasteiger partial charge in [0.25, 0.3) is 0 Å². The molecule has 98 valence electrons. The van der Waals surface area contributed by atoms with Crippen LogP contribution in [0.25, 0.3) is 0 Å². The van der Waals surface area contributed by atoms with Crippen LogP contribution in [0.4, 0.5) is 16.2 Å². The van der Waals surface area contributed by atoms with Crippen molar-refractivity contribution in [1.82, 2.24) is 0 Å². The molecular formula is C14H20N2O2. The van der Waals surface area contributed by atoms with E-state index in [9.17, 15) is 4.79 Å². The fraction of sp³-hybridized carbons (Fsp3) is 0.500. The molecule has 0 aromatic heterocycles. The number of rotatable bonds is 2. The molecule has 18 heavy (non-hydrogen) atoms. The molecule has 0 bridgehead atoms. The van der Waals surface area contributed by atoms with Crippen LogP contribution in [0.1, 0.15) is 32.8 Å². The van der Waals surface area contributed by atoms with E-state index in [0.29, 0.717) is 6.04 Å². The summed E-state index contributed by atoms with van der Waals surface area (Å²) < 4.78 is 5.09. The van der Waals surface area contributed by atoms with Crippen molar-refractivity contribution in [3.05, 3.63) is 23.8 Å². The van der Waals surface area contributed by atoms with E-state index in [0.717, 1.165) is 24.2 Å². The molecule has 0 radical (unpaired) electrons. The van der Waals surface area contributed by atoms with Crippen molar-refractivity contribution in [3.63, 3.8) is 0 Å². The molecule has 1 aliphatic heterocycles. The van der Waals surface area contributed by atoms with Crippen LogP contribution >= 0.6 is 0 Å². The molecule has 1 unspecified atom stereocenters. The molecule has 0 saturated carbocycles. The van der Waals surface area contributed by atoms with Gasteiger partial charge in [-0.25, -0.2) is 4.79 Å². The fourth-order valence-electron chi connectivity index (χ4n) is 2.13. The molecular weight excluding hydrogens is 228 g/mol. The van der Waals surface area contributed by atoms with E-state index in [-0.39, 0.29) is 6.10 Å². The van der Waals surface area contributed by atoms with Crippen LogP contribution in [0.5, 0.6) is 0 Å². The number of aryl methyl sites for hydroxylation is 1. The average Bonchev–Trinajstić information content (AvgIpc) is 2.28. The maximum absolute atomic E-state index is 11.6. The Morgan fingerprint density at radius 3 is 3.00 bits per heavy atom. The van der Waals surface area contributed by atoms with E-state index < -0.39 is 6.09 Å². The quantitative estimate of drug-likeness (QED) is 0.843. The predicted octanol–water partition coefficient (Wildman–Crippen LogP) is 3.39. The molecule has 2 rings (SSSR count). The molecule has 1 atom stereocenters. The summed E-state index contributed by atoms with van der Waals surface area (Å²) >= 11 is 0. The zero-order valence-corrected chi connectivity index (χ0v) is 11.1. The van der Waals surface area contributed by atoms with E-state index in [2.05, 4.69) is 23.6 Å². The maximum atomic E-state index is 11.6. The lowest BCUT2D eigenvalue weighted by atomic mass is 9.98. The summed E-state index contributed by atoms with van der Waals surface area (Å²) in [6, 6.07) is 6.38. The normalized spacial score (nSPS) is 17.9. The lowest BCUT2D eigenvalue weighted by Crippen LogP contribution is -2.24. The molecule has 4 nitrogen and oxygen atoms in total. The number of nitrogens with one attached hydrogen (secondary N) is 2. The minimum absolute atomic E-state index is 0.114. The Morgan fingerprint density at radius 1 is 1.50 bits per heavy atom. The van der Waals surface area contributed by atoms with Crippen LogP contribution < -0.4 is 10.6 Å². The van der Waals surface area contributed by atoms with E-state index >= 15 is 0 Å². The maximum Gasteiger partial charge on any atom is 0.411 e. The molecule has 1 aromatic carbocycles. The summed E-state index contributed by atoms with van der Waals surface area (Å²) in [5.41, 5.74) is 3.07. The number of carbonyl (C=O) groups excluding carboxylic acids is 1. The summed E-state index contributed by atoms with van der Waals surface area (Å²) in [5, 5.41) is 6.22. The Labute approximate surface area is 108 Å².